The van der Waals surface area contributed by atoms with Crippen LogP contribution in [0.4, 0.5) is 8.78 Å². The van der Waals surface area contributed by atoms with Crippen LogP contribution >= 0.6 is 27.5 Å². The Balaban J connectivity index is 0.000000174. The first-order chi connectivity index (χ1) is 65.6. The molecule has 9 N–H and O–H groups in total. The Labute approximate surface area is 822 Å². The Morgan fingerprint density at radius 3 is 0.978 bits per heavy atom. The van der Waals surface area contributed by atoms with Gasteiger partial charge in [0.15, 0.2) is 46.3 Å². The number of ether oxygens (including phenoxy) is 1. The number of rotatable bonds is 24. The zero-order valence-corrected chi connectivity index (χ0v) is 85.0. The summed E-state index contributed by atoms with van der Waals surface area (Å²) in [5, 5.41) is 36.3. The number of nitrogens with one attached hydrogen (secondary N) is 8. The first kappa shape index (κ1) is 111. The normalized spacial score (nSPS) is 24.9. The van der Waals surface area contributed by atoms with Crippen molar-refractivity contribution in [3.63, 3.8) is 0 Å². The van der Waals surface area contributed by atoms with Gasteiger partial charge in [-0.3, -0.25) is 38.4 Å². The molecule has 0 heterocycles. The lowest BCUT2D eigenvalue weighted by molar-refractivity contribution is -0.128. The second kappa shape index (κ2) is 54.0. The van der Waals surface area contributed by atoms with Crippen LogP contribution in [0.15, 0.2) is 199 Å². The van der Waals surface area contributed by atoms with Gasteiger partial charge in [-0.1, -0.05) is 241 Å². The summed E-state index contributed by atoms with van der Waals surface area (Å²) < 4.78 is 32.4. The predicted molar refractivity (Wildman–Crippen MR) is 548 cm³/mol. The van der Waals surface area contributed by atoms with E-state index in [9.17, 15) is 52.2 Å². The molecule has 0 unspecified atom stereocenters. The number of hydrogen-bond acceptors (Lipinski definition) is 18. The number of halogens is 4. The van der Waals surface area contributed by atoms with Gasteiger partial charge in [-0.25, -0.2) is 8.78 Å². The number of benzene rings is 8. The largest absolute Gasteiger partial charge is 0.508 e. The van der Waals surface area contributed by atoms with Crippen molar-refractivity contribution in [3.8, 4) is 11.5 Å². The van der Waals surface area contributed by atoms with E-state index in [1.54, 1.807) is 51.5 Å². The maximum absolute atomic E-state index is 13.2. The number of phenolic OH excluding ortho intramolecular Hbond substituents is 1. The number of ketones is 8. The molecule has 8 aliphatic carbocycles. The van der Waals surface area contributed by atoms with E-state index in [0.717, 1.165) is 254 Å². The fourth-order valence-corrected chi connectivity index (χ4v) is 22.0. The summed E-state index contributed by atoms with van der Waals surface area (Å²) in [5.74, 6) is 2.78. The average molecular weight is 1950 g/mol. The Hall–Kier alpha value is -8.97. The van der Waals surface area contributed by atoms with Crippen LogP contribution in [-0.2, 0) is 95.5 Å². The highest BCUT2D eigenvalue weighted by Crippen LogP contribution is 2.44. The number of carbonyl (C=O) groups is 8. The molecule has 136 heavy (non-hydrogen) atoms. The van der Waals surface area contributed by atoms with E-state index < -0.39 is 44.3 Å². The Kier molecular flexibility index (Phi) is 43.9. The maximum Gasteiger partial charge on any atom is 0.157 e. The Bertz CT molecular complexity index is 5060. The van der Waals surface area contributed by atoms with Crippen molar-refractivity contribution in [3.05, 3.63) is 271 Å². The smallest absolute Gasteiger partial charge is 0.157 e. The molecule has 0 saturated heterocycles. The van der Waals surface area contributed by atoms with Gasteiger partial charge in [-0.05, 0) is 306 Å². The summed E-state index contributed by atoms with van der Waals surface area (Å²) in [6.07, 6.45) is 32.9. The van der Waals surface area contributed by atoms with Crippen molar-refractivity contribution in [2.75, 3.05) is 62.0 Å². The molecule has 16 rings (SSSR count). The van der Waals surface area contributed by atoms with Crippen molar-refractivity contribution < 1.29 is 57.0 Å². The highest BCUT2D eigenvalue weighted by molar-refractivity contribution is 9.10. The molecule has 0 bridgehead atoms. The summed E-state index contributed by atoms with van der Waals surface area (Å²) in [7, 11) is 10.8. The minimum Gasteiger partial charge on any atom is -0.508 e. The zero-order valence-electron chi connectivity index (χ0n) is 82.7. The third-order valence-electron chi connectivity index (χ3n) is 29.3. The molecular formula is C114H152BrClF2N8O10. The minimum absolute atomic E-state index is 0.173. The van der Waals surface area contributed by atoms with Crippen LogP contribution in [0.5, 0.6) is 11.5 Å². The van der Waals surface area contributed by atoms with Gasteiger partial charge in [-0.2, -0.15) is 0 Å². The second-order valence-corrected chi connectivity index (χ2v) is 38.6. The molecule has 8 saturated carbocycles. The molecule has 0 aromatic heterocycles. The topological polar surface area (TPSA) is 262 Å². The van der Waals surface area contributed by atoms with Crippen molar-refractivity contribution in [2.45, 2.75) is 310 Å². The van der Waals surface area contributed by atoms with Gasteiger partial charge in [0.05, 0.1) is 7.11 Å². The number of methoxy groups -OCH3 is 1. The van der Waals surface area contributed by atoms with Crippen LogP contribution in [0.1, 0.15) is 309 Å². The number of likely N-dealkylation sites (N-methyl/N-ethyl adjacent to an activating group) is 6. The van der Waals surface area contributed by atoms with E-state index in [-0.39, 0.29) is 40.5 Å². The third kappa shape index (κ3) is 27.0. The molecule has 8 atom stereocenters. The molecule has 0 aliphatic heterocycles. The number of hydrogen-bond donors (Lipinski definition) is 9. The molecule has 0 spiro atoms. The van der Waals surface area contributed by atoms with Gasteiger partial charge in [0.2, 0.25) is 0 Å². The number of aromatic hydroxyl groups is 1. The van der Waals surface area contributed by atoms with Crippen LogP contribution < -0.4 is 47.3 Å². The molecule has 0 amide bonds. The summed E-state index contributed by atoms with van der Waals surface area (Å²) >= 11 is 9.76. The number of aryl methyl sites for hydroxylation is 2. The molecular weight excluding hydrogens is 1790 g/mol. The molecule has 736 valence electrons. The highest BCUT2D eigenvalue weighted by Gasteiger charge is 2.48. The van der Waals surface area contributed by atoms with E-state index in [1.165, 1.54) is 35.4 Å². The van der Waals surface area contributed by atoms with Gasteiger partial charge >= 0.3 is 0 Å². The van der Waals surface area contributed by atoms with Crippen molar-refractivity contribution in [2.24, 2.45) is 0 Å². The Morgan fingerprint density at radius 1 is 0.324 bits per heavy atom. The van der Waals surface area contributed by atoms with Gasteiger partial charge < -0.3 is 52.4 Å². The predicted octanol–water partition coefficient (Wildman–Crippen LogP) is 22.4. The monoisotopic (exact) mass is 1950 g/mol. The SMILES string of the molecule is CCCN[C@@]1(c2cccc(OC)c2)CCCCC1=O.CCCN[C@@]1(c2ccccc2Cl)CCCCC1=O.CCN[C@@]1(c2cccc(CC)c2)CCCCC1=O.CCc1cccc([C@]2(NC)CCCCC2=O)c1.CN[C@@]1(c2ccc(F)cc2)CCCCC1=O.CN[C@@]1(c2ccc(O)cc2)CCCCC1=O.CN[C@@]1(c2cccc(Br)c2)CCCCC1=O.CN[C@@]1(c2cccc(F)c2)CCCCC1=O. The molecule has 8 fully saturated rings. The van der Waals surface area contributed by atoms with E-state index >= 15 is 0 Å². The van der Waals surface area contributed by atoms with E-state index in [0.29, 0.717) is 79.5 Å². The summed E-state index contributed by atoms with van der Waals surface area (Å²) in [4.78, 5) is 98.1. The highest BCUT2D eigenvalue weighted by atomic mass is 79.9. The fraction of sp³-hybridized carbons (Fsp3) is 0.509. The third-order valence-corrected chi connectivity index (χ3v) is 30.1. The number of carbonyl (C=O) groups excluding carboxylic acids is 8. The first-order valence-electron chi connectivity index (χ1n) is 50.3. The lowest BCUT2D eigenvalue weighted by Crippen LogP contribution is -2.51. The van der Waals surface area contributed by atoms with Crippen LogP contribution in [0, 0.1) is 11.6 Å². The molecule has 8 aliphatic rings. The molecule has 8 aromatic carbocycles. The fourth-order valence-electron chi connectivity index (χ4n) is 21.3. The quantitative estimate of drug-likeness (QED) is 0.0272. The van der Waals surface area contributed by atoms with Gasteiger partial charge in [0.1, 0.15) is 67.4 Å². The summed E-state index contributed by atoms with van der Waals surface area (Å²) in [5.41, 5.74) is 6.43. The lowest BCUT2D eigenvalue weighted by Gasteiger charge is -2.37. The number of phenols is 1. The number of Topliss-reactive ketones (excluding diaryl/α,β-unsaturated/α-hetero) is 8. The average Bonchev–Trinajstić information content (AvgIpc) is 0.763. The van der Waals surface area contributed by atoms with Crippen LogP contribution in [0.2, 0.25) is 5.02 Å². The van der Waals surface area contributed by atoms with Crippen LogP contribution in [-0.4, -0.2) is 113 Å². The molecule has 22 heteroatoms. The lowest BCUT2D eigenvalue weighted by atomic mass is 9.75. The van der Waals surface area contributed by atoms with Crippen LogP contribution in [0.3, 0.4) is 0 Å². The molecule has 18 nitrogen and oxygen atoms in total. The summed E-state index contributed by atoms with van der Waals surface area (Å²) in [6.45, 7) is 13.2. The maximum atomic E-state index is 13.2. The zero-order chi connectivity index (χ0) is 98.4. The standard InChI is InChI=1S/C16H23NO2.C16H23NO.C15H20ClNO.C15H21NO.C13H16BrNO.2C13H16FNO.C13H17NO2/c1-3-11-17-16(10-5-4-9-15(16)18)13-7-6-8-14(12-13)19-2;1-3-13-8-7-9-14(12-13)16(17-4-2)11-6-5-10-15(16)18;1-2-11-17-15(10-6-5-9-14(15)18)12-7-3-4-8-13(12)16;1-3-12-7-6-8-13(11-12)15(16-2)10-5-4-9-14(15)17;2*1-15-13(8-3-2-7-12(13)16)10-5-4-6-11(14)9-10;1-15-13(9-3-2-4-12(13)16)10-5-7-11(14)8-6-10;1-14-13(9-3-2-4-12(13)16)10-5-7-11(15)8-6-10/h6-8,12,17H,3-5,9-11H2,1-2H3;7-9,12,17H,3-6,10-11H2,1-2H3;3-4,7-8,17H,2,5-6,9-11H2,1H3;6-8,11,16H,3-5,9-10H2,1-2H3;2*4-6,9,15H,2-3,7-8H2,1H3;5-8,15H,2-4,9H2,1H3;5-8,14-15H,2-4,9H2,1H3/t2*16-;2*15-;4*13-/m11111111/s1. The van der Waals surface area contributed by atoms with Crippen LogP contribution in [0.25, 0.3) is 0 Å². The van der Waals surface area contributed by atoms with E-state index in [4.69, 9.17) is 16.3 Å². The second-order valence-electron chi connectivity index (χ2n) is 37.3. The van der Waals surface area contributed by atoms with Gasteiger partial charge in [0.25, 0.3) is 0 Å². The van der Waals surface area contributed by atoms with E-state index in [2.05, 4.69) is 142 Å². The summed E-state index contributed by atoms with van der Waals surface area (Å²) in [6, 6.07) is 60.1. The molecule has 0 radical (unpaired) electrons. The van der Waals surface area contributed by atoms with E-state index in [1.807, 2.05) is 112 Å². The van der Waals surface area contributed by atoms with Crippen molar-refractivity contribution >= 4 is 73.8 Å². The first-order valence-corrected chi connectivity index (χ1v) is 51.4. The van der Waals surface area contributed by atoms with Gasteiger partial charge in [0, 0.05) is 60.9 Å². The van der Waals surface area contributed by atoms with Crippen molar-refractivity contribution in [1.29, 1.82) is 0 Å². The Morgan fingerprint density at radius 2 is 0.632 bits per heavy atom. The molecule has 8 aromatic rings. The van der Waals surface area contributed by atoms with Gasteiger partial charge in [-0.15, -0.1) is 0 Å². The van der Waals surface area contributed by atoms with Crippen molar-refractivity contribution in [1.82, 2.24) is 42.5 Å². The minimum atomic E-state index is -0.666.